The van der Waals surface area contributed by atoms with E-state index < -0.39 is 0 Å². The van der Waals surface area contributed by atoms with Crippen LogP contribution in [0.15, 0.2) is 27.1 Å². The van der Waals surface area contributed by atoms with Crippen molar-refractivity contribution in [2.45, 2.75) is 45.1 Å². The first-order chi connectivity index (χ1) is 9.56. The lowest BCUT2D eigenvalue weighted by Gasteiger charge is -2.37. The maximum atomic E-state index is 9.76. The number of nitrogens with one attached hydrogen (secondary N) is 1. The van der Waals surface area contributed by atoms with Crippen LogP contribution in [0.5, 0.6) is 0 Å². The van der Waals surface area contributed by atoms with Crippen LogP contribution in [-0.4, -0.2) is 18.3 Å². The first kappa shape index (κ1) is 16.5. The van der Waals surface area contributed by atoms with Gasteiger partial charge in [-0.05, 0) is 37.5 Å². The molecule has 1 atom stereocenters. The molecule has 2 N–H and O–H groups in total. The van der Waals surface area contributed by atoms with Crippen molar-refractivity contribution >= 4 is 31.9 Å². The molecule has 0 heterocycles. The molecule has 0 bridgehead atoms. The van der Waals surface area contributed by atoms with E-state index in [0.717, 1.165) is 28.3 Å². The molecular formula is C16H23Br2NO. The van der Waals surface area contributed by atoms with Crippen molar-refractivity contribution in [2.75, 3.05) is 13.2 Å². The van der Waals surface area contributed by atoms with Crippen molar-refractivity contribution in [3.05, 3.63) is 32.7 Å². The number of hydrogen-bond acceptors (Lipinski definition) is 2. The lowest BCUT2D eigenvalue weighted by Crippen LogP contribution is -2.40. The third-order valence-electron chi connectivity index (χ3n) is 4.46. The van der Waals surface area contributed by atoms with Crippen LogP contribution in [0.3, 0.4) is 0 Å². The number of aliphatic hydroxyl groups is 1. The van der Waals surface area contributed by atoms with Crippen LogP contribution in [0.25, 0.3) is 0 Å². The van der Waals surface area contributed by atoms with Crippen LogP contribution >= 0.6 is 31.9 Å². The van der Waals surface area contributed by atoms with Gasteiger partial charge >= 0.3 is 0 Å². The summed E-state index contributed by atoms with van der Waals surface area (Å²) >= 11 is 7.11. The Kier molecular flexibility index (Phi) is 6.09. The van der Waals surface area contributed by atoms with E-state index in [0.29, 0.717) is 6.61 Å². The molecule has 1 aliphatic rings. The lowest BCUT2D eigenvalue weighted by molar-refractivity contribution is 0.0788. The van der Waals surface area contributed by atoms with Gasteiger partial charge in [0.2, 0.25) is 0 Å². The van der Waals surface area contributed by atoms with E-state index in [1.54, 1.807) is 0 Å². The Morgan fingerprint density at radius 2 is 1.95 bits per heavy atom. The molecule has 20 heavy (non-hydrogen) atoms. The Balaban J connectivity index is 1.98. The Morgan fingerprint density at radius 1 is 1.25 bits per heavy atom. The van der Waals surface area contributed by atoms with Crippen LogP contribution in [-0.2, 0) is 0 Å². The van der Waals surface area contributed by atoms with E-state index in [-0.39, 0.29) is 11.5 Å². The van der Waals surface area contributed by atoms with Crippen LogP contribution in [0.2, 0.25) is 0 Å². The minimum atomic E-state index is 0.0916. The summed E-state index contributed by atoms with van der Waals surface area (Å²) in [5.74, 6) is 0. The zero-order chi connectivity index (χ0) is 14.6. The predicted molar refractivity (Wildman–Crippen MR) is 90.9 cm³/mol. The highest BCUT2D eigenvalue weighted by Crippen LogP contribution is 2.36. The third kappa shape index (κ3) is 4.06. The van der Waals surface area contributed by atoms with E-state index >= 15 is 0 Å². The summed E-state index contributed by atoms with van der Waals surface area (Å²) in [6.07, 6.45) is 6.10. The minimum Gasteiger partial charge on any atom is -0.396 e. The van der Waals surface area contributed by atoms with Gasteiger partial charge in [-0.3, -0.25) is 0 Å². The second-order valence-electron chi connectivity index (χ2n) is 5.99. The zero-order valence-corrected chi connectivity index (χ0v) is 15.1. The Morgan fingerprint density at radius 3 is 2.55 bits per heavy atom. The Hall–Kier alpha value is 0.1000. The molecule has 1 aliphatic carbocycles. The molecule has 0 amide bonds. The molecule has 1 aromatic rings. The first-order valence-electron chi connectivity index (χ1n) is 7.35. The summed E-state index contributed by atoms with van der Waals surface area (Å²) in [6, 6.07) is 6.57. The topological polar surface area (TPSA) is 32.3 Å². The summed E-state index contributed by atoms with van der Waals surface area (Å²) < 4.78 is 2.20. The summed E-state index contributed by atoms with van der Waals surface area (Å²) in [7, 11) is 0. The molecule has 0 spiro atoms. The molecule has 0 aliphatic heterocycles. The van der Waals surface area contributed by atoms with Crippen molar-refractivity contribution < 1.29 is 5.11 Å². The van der Waals surface area contributed by atoms with Gasteiger partial charge in [0.25, 0.3) is 0 Å². The largest absolute Gasteiger partial charge is 0.396 e. The predicted octanol–water partition coefficient (Wildman–Crippen LogP) is 4.81. The Bertz CT molecular complexity index is 444. The van der Waals surface area contributed by atoms with Gasteiger partial charge in [0.15, 0.2) is 0 Å². The molecule has 1 saturated carbocycles. The lowest BCUT2D eigenvalue weighted by atomic mass is 9.74. The summed E-state index contributed by atoms with van der Waals surface area (Å²) in [6.45, 7) is 3.38. The van der Waals surface area contributed by atoms with Gasteiger partial charge in [-0.1, -0.05) is 57.2 Å². The van der Waals surface area contributed by atoms with Gasteiger partial charge in [-0.2, -0.15) is 0 Å². The van der Waals surface area contributed by atoms with Crippen molar-refractivity contribution in [1.29, 1.82) is 0 Å². The number of benzene rings is 1. The summed E-state index contributed by atoms with van der Waals surface area (Å²) in [5.41, 5.74) is 1.35. The highest BCUT2D eigenvalue weighted by Gasteiger charge is 2.31. The maximum Gasteiger partial charge on any atom is 0.0499 e. The fourth-order valence-electron chi connectivity index (χ4n) is 3.02. The molecule has 1 aromatic carbocycles. The zero-order valence-electron chi connectivity index (χ0n) is 12.0. The van der Waals surface area contributed by atoms with Gasteiger partial charge in [0.05, 0.1) is 0 Å². The normalized spacial score (nSPS) is 19.8. The third-order valence-corrected chi connectivity index (χ3v) is 5.64. The van der Waals surface area contributed by atoms with Crippen LogP contribution < -0.4 is 5.32 Å². The fraction of sp³-hybridized carbons (Fsp3) is 0.625. The number of halogens is 2. The molecular weight excluding hydrogens is 382 g/mol. The second kappa shape index (κ2) is 7.39. The fourth-order valence-corrected chi connectivity index (χ4v) is 4.42. The van der Waals surface area contributed by atoms with E-state index in [9.17, 15) is 5.11 Å². The smallest absolute Gasteiger partial charge is 0.0499 e. The maximum absolute atomic E-state index is 9.76. The van der Waals surface area contributed by atoms with Gasteiger partial charge in [-0.15, -0.1) is 0 Å². The summed E-state index contributed by atoms with van der Waals surface area (Å²) in [5, 5.41) is 13.4. The number of aliphatic hydroxyl groups excluding tert-OH is 1. The quantitative estimate of drug-likeness (QED) is 0.738. The molecule has 4 heteroatoms. The van der Waals surface area contributed by atoms with Crippen LogP contribution in [0.1, 0.15) is 50.6 Å². The first-order valence-corrected chi connectivity index (χ1v) is 8.94. The monoisotopic (exact) mass is 403 g/mol. The average Bonchev–Trinajstić information content (AvgIpc) is 2.46. The highest BCUT2D eigenvalue weighted by molar-refractivity contribution is 9.11. The van der Waals surface area contributed by atoms with Crippen molar-refractivity contribution in [1.82, 2.24) is 5.32 Å². The van der Waals surface area contributed by atoms with Gasteiger partial charge in [0, 0.05) is 33.6 Å². The molecule has 0 aromatic heterocycles. The van der Waals surface area contributed by atoms with Gasteiger partial charge < -0.3 is 10.4 Å². The van der Waals surface area contributed by atoms with Crippen LogP contribution in [0, 0.1) is 5.41 Å². The SMILES string of the molecule is CC(NCC1(CO)CCCCC1)c1ccc(Br)cc1Br. The minimum absolute atomic E-state index is 0.0916. The van der Waals surface area contributed by atoms with Crippen molar-refractivity contribution in [3.63, 3.8) is 0 Å². The van der Waals surface area contributed by atoms with E-state index in [1.165, 1.54) is 24.8 Å². The van der Waals surface area contributed by atoms with E-state index in [2.05, 4.69) is 62.3 Å². The second-order valence-corrected chi connectivity index (χ2v) is 7.76. The molecule has 2 nitrogen and oxygen atoms in total. The molecule has 1 fully saturated rings. The molecule has 1 unspecified atom stereocenters. The standard InChI is InChI=1S/C16H23Br2NO/c1-12(14-6-5-13(17)9-15(14)18)19-10-16(11-20)7-3-2-4-8-16/h5-6,9,12,19-20H,2-4,7-8,10-11H2,1H3. The summed E-state index contributed by atoms with van der Waals surface area (Å²) in [4.78, 5) is 0. The van der Waals surface area contributed by atoms with Crippen molar-refractivity contribution in [2.24, 2.45) is 5.41 Å². The Labute approximate surface area is 138 Å². The number of hydrogen-bond donors (Lipinski definition) is 2. The molecule has 0 saturated heterocycles. The molecule has 0 radical (unpaired) electrons. The molecule has 2 rings (SSSR count). The van der Waals surface area contributed by atoms with E-state index in [4.69, 9.17) is 0 Å². The van der Waals surface area contributed by atoms with Gasteiger partial charge in [0.1, 0.15) is 0 Å². The number of rotatable bonds is 5. The highest BCUT2D eigenvalue weighted by atomic mass is 79.9. The van der Waals surface area contributed by atoms with Crippen molar-refractivity contribution in [3.8, 4) is 0 Å². The molecule has 112 valence electrons. The van der Waals surface area contributed by atoms with E-state index in [1.807, 2.05) is 0 Å². The van der Waals surface area contributed by atoms with Crippen LogP contribution in [0.4, 0.5) is 0 Å². The van der Waals surface area contributed by atoms with Gasteiger partial charge in [-0.25, -0.2) is 0 Å². The average molecular weight is 405 g/mol.